The van der Waals surface area contributed by atoms with E-state index in [1.165, 1.54) is 5.56 Å². The standard InChI is InChI=1S/C14H12Br2O2/c1-17-11-3-5-12(6-4-11)18-14-7-2-10(9-15)8-13(14)16/h2-8H,9H2,1H3. The van der Waals surface area contributed by atoms with Crippen LogP contribution in [0.15, 0.2) is 46.9 Å². The quantitative estimate of drug-likeness (QED) is 0.692. The maximum Gasteiger partial charge on any atom is 0.141 e. The molecule has 4 heteroatoms. The van der Waals surface area contributed by atoms with E-state index in [9.17, 15) is 0 Å². The molecule has 0 unspecified atom stereocenters. The molecule has 0 atom stereocenters. The Morgan fingerprint density at radius 1 is 1.00 bits per heavy atom. The Kier molecular flexibility index (Phi) is 4.66. The number of ether oxygens (including phenoxy) is 2. The molecule has 0 N–H and O–H groups in total. The van der Waals surface area contributed by atoms with Gasteiger partial charge in [0.25, 0.3) is 0 Å². The summed E-state index contributed by atoms with van der Waals surface area (Å²) in [5.41, 5.74) is 1.20. The van der Waals surface area contributed by atoms with E-state index in [4.69, 9.17) is 9.47 Å². The molecular formula is C14H12Br2O2. The van der Waals surface area contributed by atoms with Gasteiger partial charge in [0, 0.05) is 5.33 Å². The summed E-state index contributed by atoms with van der Waals surface area (Å²) in [6.07, 6.45) is 0. The largest absolute Gasteiger partial charge is 0.497 e. The molecular weight excluding hydrogens is 360 g/mol. The SMILES string of the molecule is COc1ccc(Oc2ccc(CBr)cc2Br)cc1. The Bertz CT molecular complexity index is 524. The van der Waals surface area contributed by atoms with Gasteiger partial charge in [0.05, 0.1) is 11.6 Å². The first-order valence-corrected chi connectivity index (χ1v) is 7.30. The van der Waals surface area contributed by atoms with E-state index in [0.29, 0.717) is 0 Å². The van der Waals surface area contributed by atoms with Gasteiger partial charge in [-0.05, 0) is 57.9 Å². The summed E-state index contributed by atoms with van der Waals surface area (Å²) in [6, 6.07) is 13.5. The summed E-state index contributed by atoms with van der Waals surface area (Å²) in [7, 11) is 1.64. The molecule has 0 aliphatic carbocycles. The minimum absolute atomic E-state index is 0.781. The molecule has 0 amide bonds. The fourth-order valence-corrected chi connectivity index (χ4v) is 2.34. The van der Waals surface area contributed by atoms with Crippen molar-refractivity contribution >= 4 is 31.9 Å². The number of halogens is 2. The molecule has 2 aromatic rings. The Balaban J connectivity index is 2.17. The number of hydrogen-bond acceptors (Lipinski definition) is 2. The lowest BCUT2D eigenvalue weighted by molar-refractivity contribution is 0.412. The molecule has 2 rings (SSSR count). The van der Waals surface area contributed by atoms with Gasteiger partial charge in [-0.25, -0.2) is 0 Å². The number of rotatable bonds is 4. The molecule has 0 aliphatic heterocycles. The maximum atomic E-state index is 5.79. The summed E-state index contributed by atoms with van der Waals surface area (Å²) in [5, 5.41) is 0.828. The summed E-state index contributed by atoms with van der Waals surface area (Å²) >= 11 is 6.93. The van der Waals surface area contributed by atoms with Crippen LogP contribution in [-0.2, 0) is 5.33 Å². The zero-order chi connectivity index (χ0) is 13.0. The van der Waals surface area contributed by atoms with Crippen molar-refractivity contribution in [2.24, 2.45) is 0 Å². The Labute approximate surface area is 123 Å². The van der Waals surface area contributed by atoms with Crippen LogP contribution in [0.5, 0.6) is 17.2 Å². The highest BCUT2D eigenvalue weighted by Crippen LogP contribution is 2.31. The third-order valence-electron chi connectivity index (χ3n) is 2.44. The molecule has 0 radical (unpaired) electrons. The lowest BCUT2D eigenvalue weighted by atomic mass is 10.2. The highest BCUT2D eigenvalue weighted by atomic mass is 79.9. The van der Waals surface area contributed by atoms with E-state index in [1.807, 2.05) is 42.5 Å². The fraction of sp³-hybridized carbons (Fsp3) is 0.143. The van der Waals surface area contributed by atoms with E-state index in [2.05, 4.69) is 31.9 Å². The van der Waals surface area contributed by atoms with Crippen LogP contribution in [0.1, 0.15) is 5.56 Å². The molecule has 2 aromatic carbocycles. The predicted octanol–water partition coefficient (Wildman–Crippen LogP) is 5.14. The van der Waals surface area contributed by atoms with Crippen molar-refractivity contribution in [2.45, 2.75) is 5.33 Å². The second-order valence-corrected chi connectivity index (χ2v) is 5.09. The van der Waals surface area contributed by atoms with E-state index in [-0.39, 0.29) is 0 Å². The third kappa shape index (κ3) is 3.27. The van der Waals surface area contributed by atoms with Crippen molar-refractivity contribution < 1.29 is 9.47 Å². The van der Waals surface area contributed by atoms with E-state index < -0.39 is 0 Å². The molecule has 18 heavy (non-hydrogen) atoms. The van der Waals surface area contributed by atoms with Crippen molar-refractivity contribution in [2.75, 3.05) is 7.11 Å². The van der Waals surface area contributed by atoms with E-state index in [1.54, 1.807) is 7.11 Å². The van der Waals surface area contributed by atoms with Crippen LogP contribution in [0.3, 0.4) is 0 Å². The normalized spacial score (nSPS) is 10.2. The number of hydrogen-bond donors (Lipinski definition) is 0. The van der Waals surface area contributed by atoms with Gasteiger partial charge in [-0.2, -0.15) is 0 Å². The molecule has 0 fully saturated rings. The van der Waals surface area contributed by atoms with Gasteiger partial charge in [0.2, 0.25) is 0 Å². The van der Waals surface area contributed by atoms with Crippen LogP contribution >= 0.6 is 31.9 Å². The van der Waals surface area contributed by atoms with Crippen LogP contribution in [0.2, 0.25) is 0 Å². The van der Waals surface area contributed by atoms with Gasteiger partial charge in [0.1, 0.15) is 17.2 Å². The molecule has 0 heterocycles. The van der Waals surface area contributed by atoms with Crippen LogP contribution in [0.25, 0.3) is 0 Å². The van der Waals surface area contributed by atoms with Gasteiger partial charge in [0.15, 0.2) is 0 Å². The molecule has 0 bridgehead atoms. The van der Waals surface area contributed by atoms with Gasteiger partial charge >= 0.3 is 0 Å². The van der Waals surface area contributed by atoms with Crippen molar-refractivity contribution in [3.8, 4) is 17.2 Å². The van der Waals surface area contributed by atoms with Gasteiger partial charge in [-0.15, -0.1) is 0 Å². The van der Waals surface area contributed by atoms with Crippen LogP contribution in [-0.4, -0.2) is 7.11 Å². The van der Waals surface area contributed by atoms with Crippen LogP contribution in [0, 0.1) is 0 Å². The molecule has 0 saturated heterocycles. The van der Waals surface area contributed by atoms with Gasteiger partial charge in [-0.3, -0.25) is 0 Å². The monoisotopic (exact) mass is 370 g/mol. The highest BCUT2D eigenvalue weighted by Gasteiger charge is 2.04. The minimum atomic E-state index is 0.781. The number of alkyl halides is 1. The molecule has 0 saturated carbocycles. The first kappa shape index (κ1) is 13.4. The van der Waals surface area contributed by atoms with Crippen molar-refractivity contribution in [3.05, 3.63) is 52.5 Å². The Morgan fingerprint density at radius 3 is 2.22 bits per heavy atom. The first-order chi connectivity index (χ1) is 8.72. The summed E-state index contributed by atoms with van der Waals surface area (Å²) in [6.45, 7) is 0. The predicted molar refractivity (Wildman–Crippen MR) is 79.8 cm³/mol. The van der Waals surface area contributed by atoms with Gasteiger partial charge < -0.3 is 9.47 Å². The van der Waals surface area contributed by atoms with Crippen molar-refractivity contribution in [1.82, 2.24) is 0 Å². The fourth-order valence-electron chi connectivity index (χ4n) is 1.48. The minimum Gasteiger partial charge on any atom is -0.497 e. The molecule has 94 valence electrons. The lowest BCUT2D eigenvalue weighted by Gasteiger charge is -2.09. The second kappa shape index (κ2) is 6.25. The van der Waals surface area contributed by atoms with Crippen molar-refractivity contribution in [1.29, 1.82) is 0 Å². The number of methoxy groups -OCH3 is 1. The average Bonchev–Trinajstić information content (AvgIpc) is 2.42. The first-order valence-electron chi connectivity index (χ1n) is 5.39. The van der Waals surface area contributed by atoms with E-state index >= 15 is 0 Å². The average molecular weight is 372 g/mol. The summed E-state index contributed by atoms with van der Waals surface area (Å²) in [5.74, 6) is 2.39. The number of benzene rings is 2. The maximum absolute atomic E-state index is 5.79. The second-order valence-electron chi connectivity index (χ2n) is 3.68. The van der Waals surface area contributed by atoms with E-state index in [0.717, 1.165) is 27.1 Å². The zero-order valence-electron chi connectivity index (χ0n) is 9.82. The smallest absolute Gasteiger partial charge is 0.141 e. The third-order valence-corrected chi connectivity index (χ3v) is 3.71. The topological polar surface area (TPSA) is 18.5 Å². The molecule has 2 nitrogen and oxygen atoms in total. The highest BCUT2D eigenvalue weighted by molar-refractivity contribution is 9.10. The van der Waals surface area contributed by atoms with Gasteiger partial charge in [-0.1, -0.05) is 22.0 Å². The Morgan fingerprint density at radius 2 is 1.67 bits per heavy atom. The molecule has 0 aromatic heterocycles. The lowest BCUT2D eigenvalue weighted by Crippen LogP contribution is -1.88. The molecule has 0 spiro atoms. The zero-order valence-corrected chi connectivity index (χ0v) is 13.0. The van der Waals surface area contributed by atoms with Crippen molar-refractivity contribution in [3.63, 3.8) is 0 Å². The summed E-state index contributed by atoms with van der Waals surface area (Å²) in [4.78, 5) is 0. The Hall–Kier alpha value is -1.000. The van der Waals surface area contributed by atoms with Crippen LogP contribution < -0.4 is 9.47 Å². The summed E-state index contributed by atoms with van der Waals surface area (Å²) < 4.78 is 11.8. The molecule has 0 aliphatic rings. The van der Waals surface area contributed by atoms with Crippen LogP contribution in [0.4, 0.5) is 0 Å².